The summed E-state index contributed by atoms with van der Waals surface area (Å²) in [7, 11) is 0. The number of aliphatic hydroxyl groups excluding tert-OH is 1. The molecule has 16 heavy (non-hydrogen) atoms. The Morgan fingerprint density at radius 3 is 2.94 bits per heavy atom. The average Bonchev–Trinajstić information content (AvgIpc) is 2.26. The van der Waals surface area contributed by atoms with Gasteiger partial charge in [0.1, 0.15) is 5.82 Å². The van der Waals surface area contributed by atoms with Gasteiger partial charge in [-0.05, 0) is 25.0 Å². The van der Waals surface area contributed by atoms with E-state index >= 15 is 0 Å². The summed E-state index contributed by atoms with van der Waals surface area (Å²) in [6.45, 7) is 4.21. The van der Waals surface area contributed by atoms with E-state index < -0.39 is 0 Å². The fourth-order valence-corrected chi connectivity index (χ4v) is 1.10. The van der Waals surface area contributed by atoms with Crippen LogP contribution in [0.25, 0.3) is 0 Å². The van der Waals surface area contributed by atoms with Gasteiger partial charge in [0.15, 0.2) is 0 Å². The number of carbonyl (C=O) groups excluding carboxylic acids is 1. The minimum Gasteiger partial charge on any atom is -0.396 e. The van der Waals surface area contributed by atoms with Crippen LogP contribution in [0.15, 0.2) is 18.2 Å². The molecule has 2 amide bonds. The van der Waals surface area contributed by atoms with E-state index in [0.717, 1.165) is 5.69 Å². The van der Waals surface area contributed by atoms with E-state index in [4.69, 9.17) is 5.11 Å². The maximum absolute atomic E-state index is 11.4. The van der Waals surface area contributed by atoms with Crippen LogP contribution in [0.1, 0.15) is 12.6 Å². The molecule has 1 aromatic heterocycles. The van der Waals surface area contributed by atoms with Gasteiger partial charge in [0.25, 0.3) is 0 Å². The largest absolute Gasteiger partial charge is 0.396 e. The van der Waals surface area contributed by atoms with Crippen LogP contribution in [-0.4, -0.2) is 29.3 Å². The first-order valence-corrected chi connectivity index (χ1v) is 5.21. The zero-order valence-electron chi connectivity index (χ0n) is 9.53. The molecular weight excluding hydrogens is 206 g/mol. The number of anilines is 1. The normalized spacial score (nSPS) is 11.9. The molecule has 5 heteroatoms. The number of aromatic nitrogens is 1. The van der Waals surface area contributed by atoms with Crippen molar-refractivity contribution in [1.29, 1.82) is 0 Å². The monoisotopic (exact) mass is 223 g/mol. The second-order valence-corrected chi connectivity index (χ2v) is 3.79. The quantitative estimate of drug-likeness (QED) is 0.716. The van der Waals surface area contributed by atoms with Gasteiger partial charge in [-0.3, -0.25) is 5.32 Å². The van der Waals surface area contributed by atoms with Gasteiger partial charge in [-0.15, -0.1) is 0 Å². The van der Waals surface area contributed by atoms with Gasteiger partial charge in [-0.2, -0.15) is 0 Å². The molecule has 5 nitrogen and oxygen atoms in total. The first-order valence-electron chi connectivity index (χ1n) is 5.21. The first kappa shape index (κ1) is 12.4. The van der Waals surface area contributed by atoms with Crippen LogP contribution in [0.2, 0.25) is 0 Å². The molecule has 0 aromatic carbocycles. The number of urea groups is 1. The third-order valence-corrected chi connectivity index (χ3v) is 2.05. The van der Waals surface area contributed by atoms with Crippen LogP contribution < -0.4 is 10.6 Å². The van der Waals surface area contributed by atoms with Gasteiger partial charge in [0.2, 0.25) is 0 Å². The average molecular weight is 223 g/mol. The van der Waals surface area contributed by atoms with E-state index in [1.807, 2.05) is 26.0 Å². The summed E-state index contributed by atoms with van der Waals surface area (Å²) in [5, 5.41) is 14.1. The zero-order valence-corrected chi connectivity index (χ0v) is 9.53. The molecule has 0 aliphatic heterocycles. The number of aliphatic hydroxyl groups is 1. The van der Waals surface area contributed by atoms with Gasteiger partial charge in [0.05, 0.1) is 0 Å². The van der Waals surface area contributed by atoms with Gasteiger partial charge < -0.3 is 10.4 Å². The second kappa shape index (κ2) is 6.07. The molecule has 0 bridgehead atoms. The molecule has 0 spiro atoms. The molecule has 0 aliphatic carbocycles. The standard InChI is InChI=1S/C11H17N3O2/c1-8(7-15)6-12-11(16)14-10-5-3-4-9(2)13-10/h3-5,8,15H,6-7H2,1-2H3,(H2,12,13,14,16)/t8-/m0/s1. The Bertz CT molecular complexity index is 355. The van der Waals surface area contributed by atoms with E-state index in [2.05, 4.69) is 15.6 Å². The van der Waals surface area contributed by atoms with Crippen LogP contribution in [0.4, 0.5) is 10.6 Å². The molecule has 0 aliphatic rings. The van der Waals surface area contributed by atoms with Crippen molar-refractivity contribution < 1.29 is 9.90 Å². The van der Waals surface area contributed by atoms with Gasteiger partial charge in [0, 0.05) is 18.8 Å². The molecule has 1 atom stereocenters. The summed E-state index contributed by atoms with van der Waals surface area (Å²) in [5.41, 5.74) is 0.849. The van der Waals surface area contributed by atoms with Crippen molar-refractivity contribution in [2.75, 3.05) is 18.5 Å². The molecular formula is C11H17N3O2. The molecule has 0 fully saturated rings. The van der Waals surface area contributed by atoms with E-state index in [9.17, 15) is 4.79 Å². The Kier molecular flexibility index (Phi) is 4.72. The van der Waals surface area contributed by atoms with Crippen molar-refractivity contribution in [1.82, 2.24) is 10.3 Å². The number of pyridine rings is 1. The number of nitrogens with one attached hydrogen (secondary N) is 2. The van der Waals surface area contributed by atoms with Crippen molar-refractivity contribution in [3.05, 3.63) is 23.9 Å². The Labute approximate surface area is 94.9 Å². The fourth-order valence-electron chi connectivity index (χ4n) is 1.10. The highest BCUT2D eigenvalue weighted by molar-refractivity contribution is 5.88. The number of aryl methyl sites for hydroxylation is 1. The van der Waals surface area contributed by atoms with E-state index in [1.165, 1.54) is 0 Å². The lowest BCUT2D eigenvalue weighted by molar-refractivity contribution is 0.227. The molecule has 1 aromatic rings. The van der Waals surface area contributed by atoms with Gasteiger partial charge >= 0.3 is 6.03 Å². The maximum atomic E-state index is 11.4. The lowest BCUT2D eigenvalue weighted by Gasteiger charge is -2.10. The third-order valence-electron chi connectivity index (χ3n) is 2.05. The molecule has 3 N–H and O–H groups in total. The van der Waals surface area contributed by atoms with E-state index in [1.54, 1.807) is 6.07 Å². The SMILES string of the molecule is Cc1cccc(NC(=O)NC[C@H](C)CO)n1. The molecule has 0 saturated heterocycles. The van der Waals surface area contributed by atoms with Gasteiger partial charge in [-0.1, -0.05) is 13.0 Å². The fraction of sp³-hybridized carbons (Fsp3) is 0.455. The maximum Gasteiger partial charge on any atom is 0.320 e. The molecule has 0 saturated carbocycles. The van der Waals surface area contributed by atoms with Crippen molar-refractivity contribution >= 4 is 11.8 Å². The van der Waals surface area contributed by atoms with Crippen LogP contribution in [-0.2, 0) is 0 Å². The third kappa shape index (κ3) is 4.27. The summed E-state index contributed by atoms with van der Waals surface area (Å²) in [6, 6.07) is 5.10. The molecule has 0 radical (unpaired) electrons. The second-order valence-electron chi connectivity index (χ2n) is 3.79. The highest BCUT2D eigenvalue weighted by Gasteiger charge is 2.04. The van der Waals surface area contributed by atoms with Crippen LogP contribution >= 0.6 is 0 Å². The Morgan fingerprint density at radius 2 is 2.31 bits per heavy atom. The molecule has 1 rings (SSSR count). The predicted octanol–water partition coefficient (Wildman–Crippen LogP) is 1.14. The van der Waals surface area contributed by atoms with E-state index in [-0.39, 0.29) is 18.6 Å². The number of carbonyl (C=O) groups is 1. The van der Waals surface area contributed by atoms with Gasteiger partial charge in [-0.25, -0.2) is 9.78 Å². The van der Waals surface area contributed by atoms with Crippen LogP contribution in [0.3, 0.4) is 0 Å². The summed E-state index contributed by atoms with van der Waals surface area (Å²) in [4.78, 5) is 15.5. The lowest BCUT2D eigenvalue weighted by atomic mass is 10.2. The summed E-state index contributed by atoms with van der Waals surface area (Å²) >= 11 is 0. The smallest absolute Gasteiger partial charge is 0.320 e. The summed E-state index contributed by atoms with van der Waals surface area (Å²) in [5.74, 6) is 0.574. The highest BCUT2D eigenvalue weighted by Crippen LogP contribution is 2.03. The van der Waals surface area contributed by atoms with Crippen molar-refractivity contribution in [2.24, 2.45) is 5.92 Å². The molecule has 88 valence electrons. The Hall–Kier alpha value is -1.62. The zero-order chi connectivity index (χ0) is 12.0. The molecule has 1 heterocycles. The summed E-state index contributed by atoms with van der Waals surface area (Å²) < 4.78 is 0. The predicted molar refractivity (Wildman–Crippen MR) is 62.2 cm³/mol. The first-order chi connectivity index (χ1) is 7.61. The van der Waals surface area contributed by atoms with Crippen LogP contribution in [0, 0.1) is 12.8 Å². The topological polar surface area (TPSA) is 74.2 Å². The number of hydrogen-bond donors (Lipinski definition) is 3. The van der Waals surface area contributed by atoms with Crippen molar-refractivity contribution in [3.63, 3.8) is 0 Å². The minimum absolute atomic E-state index is 0.0521. The molecule has 0 unspecified atom stereocenters. The number of rotatable bonds is 4. The highest BCUT2D eigenvalue weighted by atomic mass is 16.3. The Morgan fingerprint density at radius 1 is 1.56 bits per heavy atom. The lowest BCUT2D eigenvalue weighted by Crippen LogP contribution is -2.33. The number of nitrogens with zero attached hydrogens (tertiary/aromatic N) is 1. The number of amides is 2. The van der Waals surface area contributed by atoms with Crippen LogP contribution in [0.5, 0.6) is 0 Å². The van der Waals surface area contributed by atoms with E-state index in [0.29, 0.717) is 12.4 Å². The Balaban J connectivity index is 2.40. The summed E-state index contributed by atoms with van der Waals surface area (Å²) in [6.07, 6.45) is 0. The minimum atomic E-state index is -0.307. The number of hydrogen-bond acceptors (Lipinski definition) is 3. The van der Waals surface area contributed by atoms with Crippen molar-refractivity contribution in [3.8, 4) is 0 Å². The van der Waals surface area contributed by atoms with Crippen molar-refractivity contribution in [2.45, 2.75) is 13.8 Å².